The molecule has 0 spiro atoms. The summed E-state index contributed by atoms with van der Waals surface area (Å²) in [6.45, 7) is 4.49. The van der Waals surface area contributed by atoms with Crippen LogP contribution >= 0.6 is 0 Å². The Hall–Kier alpha value is -0.290. The SMILES string of the molecule is CC[C@]1(C)CC[C@@H](N2CC(OC)(C(F)(F)F)C2)CC1. The van der Waals surface area contributed by atoms with Crippen LogP contribution < -0.4 is 0 Å². The van der Waals surface area contributed by atoms with Gasteiger partial charge in [0.15, 0.2) is 5.60 Å². The number of halogens is 3. The predicted octanol–water partition coefficient (Wildman–Crippen LogP) is 3.61. The van der Waals surface area contributed by atoms with E-state index in [1.165, 1.54) is 7.11 Å². The lowest BCUT2D eigenvalue weighted by Gasteiger charge is -2.54. The standard InChI is InChI=1S/C14H24F3NO/c1-4-12(2)7-5-11(6-8-12)18-9-13(10-18,19-3)14(15,16)17/h11H,4-10H2,1-3H3/t11-,12-. The average Bonchev–Trinajstić information content (AvgIpc) is 2.29. The fourth-order valence-corrected chi connectivity index (χ4v) is 3.31. The second kappa shape index (κ2) is 4.92. The Morgan fingerprint density at radius 3 is 2.11 bits per heavy atom. The molecule has 1 heterocycles. The Labute approximate surface area is 113 Å². The van der Waals surface area contributed by atoms with Crippen LogP contribution in [0.3, 0.4) is 0 Å². The van der Waals surface area contributed by atoms with Crippen LogP contribution in [0.1, 0.15) is 46.0 Å². The van der Waals surface area contributed by atoms with Crippen LogP contribution in [0.25, 0.3) is 0 Å². The normalized spacial score (nSPS) is 36.0. The third-order valence-corrected chi connectivity index (χ3v) is 5.36. The summed E-state index contributed by atoms with van der Waals surface area (Å²) in [6.07, 6.45) is 1.17. The Morgan fingerprint density at radius 1 is 1.21 bits per heavy atom. The van der Waals surface area contributed by atoms with E-state index in [2.05, 4.69) is 13.8 Å². The van der Waals surface area contributed by atoms with Gasteiger partial charge < -0.3 is 4.74 Å². The molecule has 0 aromatic heterocycles. The van der Waals surface area contributed by atoms with Crippen LogP contribution in [0.4, 0.5) is 13.2 Å². The van der Waals surface area contributed by atoms with Gasteiger partial charge in [0.2, 0.25) is 0 Å². The van der Waals surface area contributed by atoms with Crippen molar-refractivity contribution in [2.24, 2.45) is 5.41 Å². The molecule has 0 aromatic carbocycles. The molecule has 5 heteroatoms. The van der Waals surface area contributed by atoms with E-state index in [0.29, 0.717) is 11.5 Å². The zero-order valence-electron chi connectivity index (χ0n) is 12.0. The molecular formula is C14H24F3NO. The van der Waals surface area contributed by atoms with E-state index in [4.69, 9.17) is 4.74 Å². The van der Waals surface area contributed by atoms with Crippen LogP contribution in [-0.2, 0) is 4.74 Å². The minimum absolute atomic E-state index is 0.000502. The lowest BCUT2D eigenvalue weighted by molar-refractivity contribution is -0.316. The van der Waals surface area contributed by atoms with Gasteiger partial charge in [-0.05, 0) is 31.1 Å². The monoisotopic (exact) mass is 279 g/mol. The number of likely N-dealkylation sites (tertiary alicyclic amines) is 1. The van der Waals surface area contributed by atoms with Crippen molar-refractivity contribution in [3.05, 3.63) is 0 Å². The van der Waals surface area contributed by atoms with Gasteiger partial charge in [-0.1, -0.05) is 20.3 Å². The third kappa shape index (κ3) is 2.64. The lowest BCUT2D eigenvalue weighted by Crippen LogP contribution is -2.72. The van der Waals surface area contributed by atoms with E-state index >= 15 is 0 Å². The smallest absolute Gasteiger partial charge is 0.366 e. The van der Waals surface area contributed by atoms with Crippen LogP contribution in [0.5, 0.6) is 0 Å². The highest BCUT2D eigenvalue weighted by molar-refractivity contribution is 5.05. The number of nitrogens with zero attached hydrogens (tertiary/aromatic N) is 1. The fraction of sp³-hybridized carbons (Fsp3) is 1.00. The van der Waals surface area contributed by atoms with Crippen molar-refractivity contribution in [2.45, 2.75) is 63.8 Å². The maximum absolute atomic E-state index is 12.9. The van der Waals surface area contributed by atoms with Crippen molar-refractivity contribution < 1.29 is 17.9 Å². The Morgan fingerprint density at radius 2 is 1.74 bits per heavy atom. The lowest BCUT2D eigenvalue weighted by atomic mass is 9.71. The average molecular weight is 279 g/mol. The van der Waals surface area contributed by atoms with E-state index < -0.39 is 11.8 Å². The van der Waals surface area contributed by atoms with Crippen molar-refractivity contribution in [3.63, 3.8) is 0 Å². The summed E-state index contributed by atoms with van der Waals surface area (Å²) in [7, 11) is 1.17. The zero-order chi connectivity index (χ0) is 14.3. The molecule has 2 nitrogen and oxygen atoms in total. The maximum atomic E-state index is 12.9. The molecule has 0 unspecified atom stereocenters. The number of alkyl halides is 3. The van der Waals surface area contributed by atoms with Gasteiger partial charge in [0.1, 0.15) is 0 Å². The summed E-state index contributed by atoms with van der Waals surface area (Å²) in [5.41, 5.74) is -1.53. The topological polar surface area (TPSA) is 12.5 Å². The Kier molecular flexibility index (Phi) is 3.91. The molecule has 1 aliphatic carbocycles. The quantitative estimate of drug-likeness (QED) is 0.782. The first kappa shape index (κ1) is 15.1. The van der Waals surface area contributed by atoms with Crippen molar-refractivity contribution >= 4 is 0 Å². The number of rotatable bonds is 3. The molecule has 0 radical (unpaired) electrons. The molecule has 1 aliphatic heterocycles. The van der Waals surface area contributed by atoms with Crippen molar-refractivity contribution in [1.29, 1.82) is 0 Å². The van der Waals surface area contributed by atoms with E-state index in [9.17, 15) is 13.2 Å². The minimum atomic E-state index is -4.26. The molecule has 2 rings (SSSR count). The second-order valence-electron chi connectivity index (χ2n) is 6.50. The van der Waals surface area contributed by atoms with E-state index in [1.807, 2.05) is 4.90 Å². The van der Waals surface area contributed by atoms with Gasteiger partial charge >= 0.3 is 6.18 Å². The summed E-state index contributed by atoms with van der Waals surface area (Å²) >= 11 is 0. The second-order valence-corrected chi connectivity index (χ2v) is 6.50. The van der Waals surface area contributed by atoms with Gasteiger partial charge in [-0.25, -0.2) is 0 Å². The maximum Gasteiger partial charge on any atom is 0.419 e. The van der Waals surface area contributed by atoms with Gasteiger partial charge in [-0.2, -0.15) is 13.2 Å². The molecule has 2 aliphatic rings. The molecule has 1 saturated heterocycles. The first-order valence-corrected chi connectivity index (χ1v) is 7.11. The Bertz CT molecular complexity index is 315. The molecule has 0 atom stereocenters. The largest absolute Gasteiger partial charge is 0.419 e. The number of ether oxygens (including phenoxy) is 1. The third-order valence-electron chi connectivity index (χ3n) is 5.36. The molecule has 19 heavy (non-hydrogen) atoms. The van der Waals surface area contributed by atoms with Crippen LogP contribution in [0.15, 0.2) is 0 Å². The molecule has 1 saturated carbocycles. The van der Waals surface area contributed by atoms with Crippen molar-refractivity contribution in [2.75, 3.05) is 20.2 Å². The number of hydrogen-bond donors (Lipinski definition) is 0. The first-order valence-electron chi connectivity index (χ1n) is 7.11. The molecule has 0 aromatic rings. The van der Waals surface area contributed by atoms with E-state index in [1.54, 1.807) is 0 Å². The summed E-state index contributed by atoms with van der Waals surface area (Å²) in [5.74, 6) is 0. The van der Waals surface area contributed by atoms with Gasteiger partial charge in [0.05, 0.1) is 0 Å². The fourth-order valence-electron chi connectivity index (χ4n) is 3.31. The molecule has 0 amide bonds. The van der Waals surface area contributed by atoms with Gasteiger partial charge in [0, 0.05) is 26.2 Å². The highest BCUT2D eigenvalue weighted by atomic mass is 19.4. The highest BCUT2D eigenvalue weighted by Crippen LogP contribution is 2.45. The van der Waals surface area contributed by atoms with Crippen molar-refractivity contribution in [3.8, 4) is 0 Å². The van der Waals surface area contributed by atoms with Crippen LogP contribution in [0, 0.1) is 5.41 Å². The van der Waals surface area contributed by atoms with Crippen LogP contribution in [0.2, 0.25) is 0 Å². The molecule has 0 N–H and O–H groups in total. The summed E-state index contributed by atoms with van der Waals surface area (Å²) < 4.78 is 43.5. The molecule has 2 fully saturated rings. The van der Waals surface area contributed by atoms with Crippen LogP contribution in [-0.4, -0.2) is 42.9 Å². The van der Waals surface area contributed by atoms with E-state index in [0.717, 1.165) is 32.1 Å². The summed E-state index contributed by atoms with van der Waals surface area (Å²) in [4.78, 5) is 1.95. The highest BCUT2D eigenvalue weighted by Gasteiger charge is 2.63. The number of methoxy groups -OCH3 is 1. The predicted molar refractivity (Wildman–Crippen MR) is 68.0 cm³/mol. The number of hydrogen-bond acceptors (Lipinski definition) is 2. The summed E-state index contributed by atoms with van der Waals surface area (Å²) in [6, 6.07) is 0.310. The van der Waals surface area contributed by atoms with Crippen molar-refractivity contribution in [1.82, 2.24) is 4.90 Å². The van der Waals surface area contributed by atoms with Gasteiger partial charge in [-0.15, -0.1) is 0 Å². The Balaban J connectivity index is 1.88. The van der Waals surface area contributed by atoms with E-state index in [-0.39, 0.29) is 13.1 Å². The van der Waals surface area contributed by atoms with Gasteiger partial charge in [0.25, 0.3) is 0 Å². The molecular weight excluding hydrogens is 255 g/mol. The molecule has 112 valence electrons. The summed E-state index contributed by atoms with van der Waals surface area (Å²) in [5, 5.41) is 0. The minimum Gasteiger partial charge on any atom is -0.366 e. The first-order chi connectivity index (χ1) is 8.75. The van der Waals surface area contributed by atoms with Gasteiger partial charge in [-0.3, -0.25) is 4.90 Å². The zero-order valence-corrected chi connectivity index (χ0v) is 12.0. The molecule has 0 bridgehead atoms.